The number of amides is 1. The molecule has 1 fully saturated rings. The standard InChI is InChI=1S/C9H17NO/c1-7-6-9(2,3)5-4-8(11)10-7/h7H,4-6H2,1-3H3,(H,10,11). The van der Waals surface area contributed by atoms with Gasteiger partial charge >= 0.3 is 0 Å². The molecule has 0 aromatic heterocycles. The summed E-state index contributed by atoms with van der Waals surface area (Å²) in [5, 5.41) is 2.96. The van der Waals surface area contributed by atoms with E-state index in [1.807, 2.05) is 0 Å². The van der Waals surface area contributed by atoms with Gasteiger partial charge in [-0.15, -0.1) is 0 Å². The maximum absolute atomic E-state index is 11.1. The van der Waals surface area contributed by atoms with Gasteiger partial charge in [-0.05, 0) is 25.2 Å². The molecule has 11 heavy (non-hydrogen) atoms. The van der Waals surface area contributed by atoms with E-state index in [9.17, 15) is 4.79 Å². The number of carbonyl (C=O) groups excluding carboxylic acids is 1. The highest BCUT2D eigenvalue weighted by atomic mass is 16.1. The smallest absolute Gasteiger partial charge is 0.220 e. The van der Waals surface area contributed by atoms with E-state index in [0.717, 1.165) is 12.8 Å². The molecule has 1 aliphatic rings. The van der Waals surface area contributed by atoms with Crippen LogP contribution < -0.4 is 5.32 Å². The highest BCUT2D eigenvalue weighted by molar-refractivity contribution is 5.76. The molecule has 2 heteroatoms. The summed E-state index contributed by atoms with van der Waals surface area (Å²) in [5.74, 6) is 0.211. The predicted octanol–water partition coefficient (Wildman–Crippen LogP) is 1.70. The Labute approximate surface area is 68.4 Å². The maximum atomic E-state index is 11.1. The summed E-state index contributed by atoms with van der Waals surface area (Å²) in [6.07, 6.45) is 2.80. The Morgan fingerprint density at radius 3 is 2.82 bits per heavy atom. The number of nitrogens with one attached hydrogen (secondary N) is 1. The van der Waals surface area contributed by atoms with Crippen LogP contribution in [0.3, 0.4) is 0 Å². The van der Waals surface area contributed by atoms with Crippen LogP contribution in [-0.4, -0.2) is 11.9 Å². The second-order valence-electron chi connectivity index (χ2n) is 4.34. The molecular formula is C9H17NO. The van der Waals surface area contributed by atoms with Gasteiger partial charge < -0.3 is 5.32 Å². The highest BCUT2D eigenvalue weighted by Crippen LogP contribution is 2.30. The van der Waals surface area contributed by atoms with Crippen LogP contribution in [0.2, 0.25) is 0 Å². The van der Waals surface area contributed by atoms with E-state index in [-0.39, 0.29) is 5.91 Å². The molecule has 0 aromatic carbocycles. The van der Waals surface area contributed by atoms with Gasteiger partial charge in [-0.2, -0.15) is 0 Å². The summed E-state index contributed by atoms with van der Waals surface area (Å²) in [6.45, 7) is 6.53. The lowest BCUT2D eigenvalue weighted by Crippen LogP contribution is -2.31. The molecule has 1 aliphatic heterocycles. The predicted molar refractivity (Wildman–Crippen MR) is 45.2 cm³/mol. The van der Waals surface area contributed by atoms with Crippen LogP contribution in [0, 0.1) is 5.41 Å². The van der Waals surface area contributed by atoms with Gasteiger partial charge in [0.1, 0.15) is 0 Å². The molecule has 1 unspecified atom stereocenters. The normalized spacial score (nSPS) is 30.8. The minimum atomic E-state index is 0.211. The molecule has 0 aromatic rings. The van der Waals surface area contributed by atoms with Crippen LogP contribution in [-0.2, 0) is 4.79 Å². The first-order valence-corrected chi connectivity index (χ1v) is 4.29. The van der Waals surface area contributed by atoms with Crippen molar-refractivity contribution in [2.24, 2.45) is 5.41 Å². The quantitative estimate of drug-likeness (QED) is 0.567. The van der Waals surface area contributed by atoms with Crippen molar-refractivity contribution in [1.82, 2.24) is 5.32 Å². The largest absolute Gasteiger partial charge is 0.354 e. The van der Waals surface area contributed by atoms with Gasteiger partial charge in [-0.1, -0.05) is 13.8 Å². The number of hydrogen-bond acceptors (Lipinski definition) is 1. The molecule has 0 aliphatic carbocycles. The van der Waals surface area contributed by atoms with E-state index in [4.69, 9.17) is 0 Å². The van der Waals surface area contributed by atoms with E-state index in [2.05, 4.69) is 26.1 Å². The Morgan fingerprint density at radius 2 is 2.18 bits per heavy atom. The van der Waals surface area contributed by atoms with Crippen molar-refractivity contribution in [1.29, 1.82) is 0 Å². The van der Waals surface area contributed by atoms with Crippen molar-refractivity contribution in [3.05, 3.63) is 0 Å². The fourth-order valence-electron chi connectivity index (χ4n) is 1.78. The van der Waals surface area contributed by atoms with Crippen LogP contribution >= 0.6 is 0 Å². The third-order valence-electron chi connectivity index (χ3n) is 2.29. The molecule has 1 rings (SSSR count). The average molecular weight is 155 g/mol. The first-order chi connectivity index (χ1) is 4.99. The van der Waals surface area contributed by atoms with Gasteiger partial charge in [0, 0.05) is 12.5 Å². The van der Waals surface area contributed by atoms with Crippen LogP contribution in [0.5, 0.6) is 0 Å². The molecule has 0 spiro atoms. The van der Waals surface area contributed by atoms with Gasteiger partial charge in [0.15, 0.2) is 0 Å². The average Bonchev–Trinajstić information content (AvgIpc) is 1.90. The number of carbonyl (C=O) groups is 1. The van der Waals surface area contributed by atoms with Crippen LogP contribution in [0.4, 0.5) is 0 Å². The van der Waals surface area contributed by atoms with Gasteiger partial charge in [0.25, 0.3) is 0 Å². The molecule has 64 valence electrons. The molecule has 1 amide bonds. The molecule has 2 nitrogen and oxygen atoms in total. The highest BCUT2D eigenvalue weighted by Gasteiger charge is 2.26. The van der Waals surface area contributed by atoms with Gasteiger partial charge in [0.05, 0.1) is 0 Å². The number of hydrogen-bond donors (Lipinski definition) is 1. The third-order valence-corrected chi connectivity index (χ3v) is 2.29. The molecule has 1 N–H and O–H groups in total. The fraction of sp³-hybridized carbons (Fsp3) is 0.889. The summed E-state index contributed by atoms with van der Waals surface area (Å²) in [6, 6.07) is 0.347. The first kappa shape index (κ1) is 8.57. The Kier molecular flexibility index (Phi) is 2.21. The molecular weight excluding hydrogens is 138 g/mol. The first-order valence-electron chi connectivity index (χ1n) is 4.29. The maximum Gasteiger partial charge on any atom is 0.220 e. The van der Waals surface area contributed by atoms with Crippen LogP contribution in [0.15, 0.2) is 0 Å². The Bertz CT molecular complexity index is 163. The lowest BCUT2D eigenvalue weighted by atomic mass is 9.83. The second kappa shape index (κ2) is 2.84. The Balaban J connectivity index is 2.60. The molecule has 0 radical (unpaired) electrons. The molecule has 1 heterocycles. The Morgan fingerprint density at radius 1 is 1.55 bits per heavy atom. The molecule has 1 saturated heterocycles. The summed E-state index contributed by atoms with van der Waals surface area (Å²) in [7, 11) is 0. The summed E-state index contributed by atoms with van der Waals surface area (Å²) < 4.78 is 0. The third kappa shape index (κ3) is 2.52. The van der Waals surface area contributed by atoms with E-state index >= 15 is 0 Å². The number of rotatable bonds is 0. The van der Waals surface area contributed by atoms with Crippen molar-refractivity contribution >= 4 is 5.91 Å². The second-order valence-corrected chi connectivity index (χ2v) is 4.34. The van der Waals surface area contributed by atoms with Crippen LogP contribution in [0.1, 0.15) is 40.0 Å². The summed E-state index contributed by atoms with van der Waals surface area (Å²) in [4.78, 5) is 11.1. The summed E-state index contributed by atoms with van der Waals surface area (Å²) in [5.41, 5.74) is 0.332. The molecule has 0 bridgehead atoms. The van der Waals surface area contributed by atoms with Crippen LogP contribution in [0.25, 0.3) is 0 Å². The van der Waals surface area contributed by atoms with Crippen molar-refractivity contribution in [3.8, 4) is 0 Å². The summed E-state index contributed by atoms with van der Waals surface area (Å²) >= 11 is 0. The van der Waals surface area contributed by atoms with Crippen molar-refractivity contribution in [2.45, 2.75) is 46.1 Å². The zero-order valence-corrected chi connectivity index (χ0v) is 7.61. The zero-order valence-electron chi connectivity index (χ0n) is 7.61. The topological polar surface area (TPSA) is 29.1 Å². The van der Waals surface area contributed by atoms with E-state index in [1.165, 1.54) is 0 Å². The lowest BCUT2D eigenvalue weighted by Gasteiger charge is -2.23. The molecule has 0 saturated carbocycles. The van der Waals surface area contributed by atoms with E-state index in [1.54, 1.807) is 0 Å². The minimum absolute atomic E-state index is 0.211. The van der Waals surface area contributed by atoms with Crippen molar-refractivity contribution < 1.29 is 4.79 Å². The van der Waals surface area contributed by atoms with Crippen molar-refractivity contribution in [2.75, 3.05) is 0 Å². The van der Waals surface area contributed by atoms with Crippen molar-refractivity contribution in [3.63, 3.8) is 0 Å². The van der Waals surface area contributed by atoms with Gasteiger partial charge in [0.2, 0.25) is 5.91 Å². The SMILES string of the molecule is CC1CC(C)(C)CCC(=O)N1. The fourth-order valence-corrected chi connectivity index (χ4v) is 1.78. The van der Waals surface area contributed by atoms with E-state index < -0.39 is 0 Å². The van der Waals surface area contributed by atoms with Gasteiger partial charge in [-0.3, -0.25) is 4.79 Å². The molecule has 1 atom stereocenters. The monoisotopic (exact) mass is 155 g/mol. The zero-order chi connectivity index (χ0) is 8.48. The van der Waals surface area contributed by atoms with Gasteiger partial charge in [-0.25, -0.2) is 0 Å². The minimum Gasteiger partial charge on any atom is -0.354 e. The Hall–Kier alpha value is -0.530. The van der Waals surface area contributed by atoms with E-state index in [0.29, 0.717) is 17.9 Å². The lowest BCUT2D eigenvalue weighted by molar-refractivity contribution is -0.121.